The number of nitrogens with zero attached hydrogens (tertiary/aromatic N) is 4. The summed E-state index contributed by atoms with van der Waals surface area (Å²) >= 11 is 0. The van der Waals surface area contributed by atoms with Crippen LogP contribution in [-0.2, 0) is 31.9 Å². The molecule has 2 aromatic rings. The maximum absolute atomic E-state index is 12.5. The zero-order valence-electron chi connectivity index (χ0n) is 29.9. The van der Waals surface area contributed by atoms with Crippen LogP contribution in [0.25, 0.3) is 11.4 Å². The van der Waals surface area contributed by atoms with Crippen LogP contribution < -0.4 is 0 Å². The van der Waals surface area contributed by atoms with Crippen LogP contribution in [0.15, 0.2) is 47.5 Å². The molecule has 6 rings (SSSR count). The zero-order chi connectivity index (χ0) is 36.4. The number of ketones is 3. The Balaban J connectivity index is 0.000000194. The Hall–Kier alpha value is -4.61. The van der Waals surface area contributed by atoms with Crippen molar-refractivity contribution in [3.8, 4) is 12.1 Å². The third-order valence-corrected chi connectivity index (χ3v) is 10.9. The molecule has 0 bridgehead atoms. The van der Waals surface area contributed by atoms with Crippen molar-refractivity contribution in [3.05, 3.63) is 80.9 Å². The lowest BCUT2D eigenvalue weighted by Gasteiger charge is -2.41. The summed E-state index contributed by atoms with van der Waals surface area (Å²) in [6.07, 6.45) is 3.18. The van der Waals surface area contributed by atoms with Gasteiger partial charge in [0.1, 0.15) is 23.3 Å². The second-order valence-electron chi connectivity index (χ2n) is 14.2. The van der Waals surface area contributed by atoms with E-state index in [1.54, 1.807) is 27.2 Å². The fourth-order valence-corrected chi connectivity index (χ4v) is 7.16. The van der Waals surface area contributed by atoms with Gasteiger partial charge < -0.3 is 24.4 Å². The summed E-state index contributed by atoms with van der Waals surface area (Å²) in [5, 5.41) is 29.1. The van der Waals surface area contributed by atoms with Crippen molar-refractivity contribution in [2.24, 2.45) is 0 Å². The molecule has 1 N–H and O–H groups in total. The molecular weight excluding hydrogens is 632 g/mol. The van der Waals surface area contributed by atoms with Gasteiger partial charge in [-0.05, 0) is 82.2 Å². The predicted octanol–water partition coefficient (Wildman–Crippen LogP) is 5.35. The van der Waals surface area contributed by atoms with E-state index in [1.807, 2.05) is 30.3 Å². The highest BCUT2D eigenvalue weighted by Crippen LogP contribution is 2.39. The number of allylic oxidation sites excluding steroid dienone is 2. The van der Waals surface area contributed by atoms with Crippen LogP contribution in [0.4, 0.5) is 0 Å². The van der Waals surface area contributed by atoms with Crippen molar-refractivity contribution in [1.29, 1.82) is 10.5 Å². The highest BCUT2D eigenvalue weighted by molar-refractivity contribution is 6.11. The van der Waals surface area contributed by atoms with Crippen molar-refractivity contribution in [3.63, 3.8) is 0 Å². The molecule has 0 spiro atoms. The Morgan fingerprint density at radius 3 is 1.58 bits per heavy atom. The fraction of sp³-hybridized carbons (Fsp3) is 0.475. The van der Waals surface area contributed by atoms with E-state index in [4.69, 9.17) is 9.47 Å². The molecular formula is C40H46N4O6. The summed E-state index contributed by atoms with van der Waals surface area (Å²) in [7, 11) is 3.44. The van der Waals surface area contributed by atoms with Gasteiger partial charge in [0.2, 0.25) is 0 Å². The van der Waals surface area contributed by atoms with E-state index in [0.717, 1.165) is 72.3 Å². The van der Waals surface area contributed by atoms with E-state index in [1.165, 1.54) is 6.92 Å². The first-order valence-corrected chi connectivity index (χ1v) is 17.2. The third-order valence-electron chi connectivity index (χ3n) is 10.9. The molecule has 50 heavy (non-hydrogen) atoms. The number of aliphatic hydroxyl groups is 1. The Labute approximate surface area is 294 Å². The van der Waals surface area contributed by atoms with Crippen LogP contribution in [0.1, 0.15) is 97.7 Å². The first-order valence-electron chi connectivity index (χ1n) is 17.2. The second-order valence-corrected chi connectivity index (χ2v) is 14.2. The van der Waals surface area contributed by atoms with Crippen molar-refractivity contribution >= 4 is 28.7 Å². The lowest BCUT2D eigenvalue weighted by molar-refractivity contribution is -0.115. The predicted molar refractivity (Wildman–Crippen MR) is 188 cm³/mol. The average Bonchev–Trinajstić information content (AvgIpc) is 3.11. The van der Waals surface area contributed by atoms with Crippen molar-refractivity contribution in [1.82, 2.24) is 9.80 Å². The number of carbonyl (C=O) groups excluding carboxylic acids is 3. The number of carbonyl (C=O) groups is 3. The van der Waals surface area contributed by atoms with Gasteiger partial charge in [0.05, 0.1) is 28.7 Å². The molecule has 0 radical (unpaired) electrons. The number of aliphatic hydroxyl groups excluding tert-OH is 1. The minimum Gasteiger partial charge on any atom is -0.389 e. The van der Waals surface area contributed by atoms with Gasteiger partial charge in [0.15, 0.2) is 17.3 Å². The number of rotatable bonds is 6. The summed E-state index contributed by atoms with van der Waals surface area (Å²) in [5.74, 6) is -0.307. The molecule has 1 unspecified atom stereocenters. The number of hydrogen-bond acceptors (Lipinski definition) is 10. The minimum absolute atomic E-state index is 0.0249. The van der Waals surface area contributed by atoms with E-state index in [-0.39, 0.29) is 52.5 Å². The van der Waals surface area contributed by atoms with Gasteiger partial charge in [0.25, 0.3) is 0 Å². The number of nitriles is 2. The van der Waals surface area contributed by atoms with Gasteiger partial charge in [-0.15, -0.1) is 0 Å². The monoisotopic (exact) mass is 678 g/mol. The summed E-state index contributed by atoms with van der Waals surface area (Å²) in [6.45, 7) is 10.3. The van der Waals surface area contributed by atoms with Gasteiger partial charge >= 0.3 is 0 Å². The number of methoxy groups -OCH3 is 2. The van der Waals surface area contributed by atoms with Crippen LogP contribution in [0.3, 0.4) is 0 Å². The number of Topliss-reactive ketones (excluding diaryl/α,β-unsaturated/α-hetero) is 3. The van der Waals surface area contributed by atoms with E-state index in [0.29, 0.717) is 24.4 Å². The maximum atomic E-state index is 12.5. The normalized spacial score (nSPS) is 20.2. The number of hydrogen-bond donors (Lipinski definition) is 1. The number of likely N-dealkylation sites (tertiary alicyclic amines) is 2. The second kappa shape index (κ2) is 14.7. The lowest BCUT2D eigenvalue weighted by Crippen LogP contribution is -2.43. The van der Waals surface area contributed by atoms with Crippen molar-refractivity contribution in [2.75, 3.05) is 40.4 Å². The molecule has 10 nitrogen and oxygen atoms in total. The molecule has 2 fully saturated rings. The third kappa shape index (κ3) is 7.29. The van der Waals surface area contributed by atoms with Crippen molar-refractivity contribution in [2.45, 2.75) is 83.5 Å². The van der Waals surface area contributed by atoms with Gasteiger partial charge in [-0.3, -0.25) is 14.4 Å². The average molecular weight is 679 g/mol. The smallest absolute Gasteiger partial charge is 0.179 e. The Morgan fingerprint density at radius 2 is 1.20 bits per heavy atom. The molecule has 2 saturated heterocycles. The Morgan fingerprint density at radius 1 is 0.780 bits per heavy atom. The van der Waals surface area contributed by atoms with Gasteiger partial charge in [-0.2, -0.15) is 10.5 Å². The van der Waals surface area contributed by atoms with Gasteiger partial charge in [-0.1, -0.05) is 24.3 Å². The Kier molecular flexibility index (Phi) is 10.8. The molecule has 1 atom stereocenters. The molecule has 2 aliphatic carbocycles. The number of ether oxygens (including phenoxy) is 2. The number of fused-ring (bicyclic) bond motifs is 2. The molecule has 0 amide bonds. The van der Waals surface area contributed by atoms with E-state index >= 15 is 0 Å². The van der Waals surface area contributed by atoms with Crippen LogP contribution in [0, 0.1) is 22.7 Å². The minimum atomic E-state index is -0.590. The van der Waals surface area contributed by atoms with Crippen LogP contribution in [-0.4, -0.2) is 83.9 Å². The highest BCUT2D eigenvalue weighted by Gasteiger charge is 2.37. The van der Waals surface area contributed by atoms with E-state index < -0.39 is 6.10 Å². The maximum Gasteiger partial charge on any atom is 0.179 e. The largest absolute Gasteiger partial charge is 0.389 e. The van der Waals surface area contributed by atoms with Gasteiger partial charge in [0, 0.05) is 69.9 Å². The number of benzene rings is 2. The molecule has 2 aliphatic heterocycles. The summed E-state index contributed by atoms with van der Waals surface area (Å²) in [5.41, 5.74) is 6.42. The van der Waals surface area contributed by atoms with E-state index in [9.17, 15) is 30.0 Å². The molecule has 4 aliphatic rings. The lowest BCUT2D eigenvalue weighted by atomic mass is 9.84. The van der Waals surface area contributed by atoms with Crippen molar-refractivity contribution < 1.29 is 29.0 Å². The fourth-order valence-electron chi connectivity index (χ4n) is 7.16. The molecule has 2 heterocycles. The summed E-state index contributed by atoms with van der Waals surface area (Å²) in [6, 6.07) is 15.3. The first-order chi connectivity index (χ1) is 23.8. The van der Waals surface area contributed by atoms with Crippen LogP contribution in [0.2, 0.25) is 0 Å². The van der Waals surface area contributed by atoms with Gasteiger partial charge in [-0.25, -0.2) is 0 Å². The molecule has 262 valence electrons. The summed E-state index contributed by atoms with van der Waals surface area (Å²) < 4.78 is 11.2. The van der Waals surface area contributed by atoms with Crippen LogP contribution in [0.5, 0.6) is 0 Å². The SMILES string of the molecule is COC1(C)CCN(C2=C(C#N)C(=O)Cc3ccc(C(C)=O)cc32)CC1.COC1(C)CCN(C2=C(C#N)C(=O)Cc3ccc(C(C)O)cc32)CC1. The standard InChI is InChI=1S/C20H24N2O3.C20H22N2O3/c2*1-13(23)14-4-5-15-11-18(24)17(12-21)19(16(15)10-14)22-8-6-20(2,25-3)7-9-22/h4-5,10,13,23H,6-9,11H2,1-3H3;4-5,10H,6-9,11H2,1-3H3. The zero-order valence-corrected chi connectivity index (χ0v) is 29.9. The quantitative estimate of drug-likeness (QED) is 0.397. The topological polar surface area (TPSA) is 144 Å². The highest BCUT2D eigenvalue weighted by atomic mass is 16.5. The summed E-state index contributed by atoms with van der Waals surface area (Å²) in [4.78, 5) is 40.9. The number of piperidine rings is 2. The molecule has 0 saturated carbocycles. The molecule has 2 aromatic carbocycles. The van der Waals surface area contributed by atoms with E-state index in [2.05, 4.69) is 35.8 Å². The first kappa shape index (κ1) is 36.7. The molecule has 10 heteroatoms. The Bertz CT molecular complexity index is 1840. The van der Waals surface area contributed by atoms with Crippen LogP contribution >= 0.6 is 0 Å². The molecule has 0 aromatic heterocycles.